The van der Waals surface area contributed by atoms with Crippen molar-refractivity contribution >= 4 is 15.3 Å². The Kier molecular flexibility index (Phi) is 5.24. The molecule has 0 fully saturated rings. The highest BCUT2D eigenvalue weighted by atomic mass is 28.3. The molecule has 0 rings (SSSR count). The Hall–Kier alpha value is -0.353. The average Bonchev–Trinajstić information content (AvgIpc) is 1.86. The van der Waals surface area contributed by atoms with Crippen molar-refractivity contribution in [2.75, 3.05) is 6.61 Å². The molecule has 0 saturated heterocycles. The van der Waals surface area contributed by atoms with Crippen LogP contribution in [0.5, 0.6) is 0 Å². The van der Waals surface area contributed by atoms with Gasteiger partial charge in [-0.2, -0.15) is 0 Å². The van der Waals surface area contributed by atoms with Gasteiger partial charge >= 0.3 is 9.28 Å². The fraction of sp³-hybridized carbons (Fsp3) is 0.833. The highest BCUT2D eigenvalue weighted by Crippen LogP contribution is 1.95. The number of hydrogen-bond acceptors (Lipinski definition) is 3. The zero-order chi connectivity index (χ0) is 7.98. The summed E-state index contributed by atoms with van der Waals surface area (Å²) in [5.41, 5.74) is 0. The molecule has 0 N–H and O–H groups in total. The van der Waals surface area contributed by atoms with Crippen molar-refractivity contribution in [3.8, 4) is 0 Å². The SMILES string of the molecule is CCO[SiH](CC)OC(C)=O. The van der Waals surface area contributed by atoms with Gasteiger partial charge in [0.05, 0.1) is 0 Å². The maximum absolute atomic E-state index is 10.4. The van der Waals surface area contributed by atoms with Crippen molar-refractivity contribution in [1.82, 2.24) is 0 Å². The molecule has 0 heterocycles. The molecule has 0 aromatic carbocycles. The third kappa shape index (κ3) is 4.52. The van der Waals surface area contributed by atoms with Crippen LogP contribution >= 0.6 is 0 Å². The first-order valence-electron chi connectivity index (χ1n) is 3.49. The molecule has 0 aliphatic rings. The van der Waals surface area contributed by atoms with E-state index in [1.54, 1.807) is 0 Å². The summed E-state index contributed by atoms with van der Waals surface area (Å²) in [6.07, 6.45) is 0. The summed E-state index contributed by atoms with van der Waals surface area (Å²) in [4.78, 5) is 10.4. The number of carbonyl (C=O) groups excluding carboxylic acids is 1. The van der Waals surface area contributed by atoms with Crippen molar-refractivity contribution in [3.05, 3.63) is 0 Å². The molecule has 0 spiro atoms. The van der Waals surface area contributed by atoms with Crippen molar-refractivity contribution in [2.24, 2.45) is 0 Å². The molecule has 1 unspecified atom stereocenters. The van der Waals surface area contributed by atoms with Gasteiger partial charge in [0.1, 0.15) is 0 Å². The predicted octanol–water partition coefficient (Wildman–Crippen LogP) is 0.826. The first kappa shape index (κ1) is 9.65. The fourth-order valence-corrected chi connectivity index (χ4v) is 1.82. The standard InChI is InChI=1S/C6H14O3Si/c1-4-8-10(5-2)9-6(3)7/h10H,4-5H2,1-3H3. The second-order valence-electron chi connectivity index (χ2n) is 1.90. The zero-order valence-electron chi connectivity index (χ0n) is 6.72. The number of carbonyl (C=O) groups is 1. The summed E-state index contributed by atoms with van der Waals surface area (Å²) >= 11 is 0. The van der Waals surface area contributed by atoms with Crippen molar-refractivity contribution in [1.29, 1.82) is 0 Å². The molecule has 1 atom stereocenters. The third-order valence-corrected chi connectivity index (χ3v) is 2.95. The van der Waals surface area contributed by atoms with Crippen LogP contribution in [-0.4, -0.2) is 21.9 Å². The lowest BCUT2D eigenvalue weighted by atomic mass is 10.9. The Bertz CT molecular complexity index is 105. The lowest BCUT2D eigenvalue weighted by Gasteiger charge is -2.11. The Morgan fingerprint density at radius 2 is 2.10 bits per heavy atom. The van der Waals surface area contributed by atoms with Gasteiger partial charge in [0.25, 0.3) is 5.97 Å². The third-order valence-electron chi connectivity index (χ3n) is 0.983. The minimum Gasteiger partial charge on any atom is -0.497 e. The minimum absolute atomic E-state index is 0.230. The van der Waals surface area contributed by atoms with Crippen LogP contribution < -0.4 is 0 Å². The Morgan fingerprint density at radius 1 is 1.50 bits per heavy atom. The van der Waals surface area contributed by atoms with Crippen LogP contribution in [0.2, 0.25) is 6.04 Å². The molecule has 0 radical (unpaired) electrons. The maximum atomic E-state index is 10.4. The Labute approximate surface area is 63.2 Å². The van der Waals surface area contributed by atoms with E-state index in [1.807, 2.05) is 13.8 Å². The summed E-state index contributed by atoms with van der Waals surface area (Å²) < 4.78 is 10.1. The number of rotatable bonds is 4. The topological polar surface area (TPSA) is 35.5 Å². The number of hydrogen-bond donors (Lipinski definition) is 0. The maximum Gasteiger partial charge on any atom is 0.385 e. The normalized spacial score (nSPS) is 12.7. The summed E-state index contributed by atoms with van der Waals surface area (Å²) in [6, 6.07) is 0.841. The van der Waals surface area contributed by atoms with Gasteiger partial charge in [0.15, 0.2) is 0 Å². The summed E-state index contributed by atoms with van der Waals surface area (Å²) in [7, 11) is -1.62. The van der Waals surface area contributed by atoms with Crippen LogP contribution in [0.25, 0.3) is 0 Å². The minimum atomic E-state index is -1.62. The monoisotopic (exact) mass is 162 g/mol. The molecule has 10 heavy (non-hydrogen) atoms. The second kappa shape index (κ2) is 5.43. The van der Waals surface area contributed by atoms with E-state index in [-0.39, 0.29) is 5.97 Å². The molecular weight excluding hydrogens is 148 g/mol. The molecule has 60 valence electrons. The van der Waals surface area contributed by atoms with E-state index >= 15 is 0 Å². The molecule has 4 heteroatoms. The summed E-state index contributed by atoms with van der Waals surface area (Å²) in [5.74, 6) is -0.230. The first-order chi connectivity index (χ1) is 4.70. The smallest absolute Gasteiger partial charge is 0.385 e. The van der Waals surface area contributed by atoms with Crippen LogP contribution in [0.15, 0.2) is 0 Å². The van der Waals surface area contributed by atoms with Gasteiger partial charge in [-0.05, 0) is 13.0 Å². The van der Waals surface area contributed by atoms with Gasteiger partial charge < -0.3 is 8.85 Å². The van der Waals surface area contributed by atoms with Gasteiger partial charge in [-0.3, -0.25) is 4.79 Å². The molecule has 0 aromatic rings. The van der Waals surface area contributed by atoms with Gasteiger partial charge in [0.2, 0.25) is 0 Å². The van der Waals surface area contributed by atoms with E-state index in [0.717, 1.165) is 6.04 Å². The van der Waals surface area contributed by atoms with Gasteiger partial charge in [-0.15, -0.1) is 0 Å². The van der Waals surface area contributed by atoms with Crippen LogP contribution in [0.1, 0.15) is 20.8 Å². The van der Waals surface area contributed by atoms with Crippen LogP contribution in [0.4, 0.5) is 0 Å². The molecule has 3 nitrogen and oxygen atoms in total. The van der Waals surface area contributed by atoms with Crippen LogP contribution in [0, 0.1) is 0 Å². The van der Waals surface area contributed by atoms with Crippen molar-refractivity contribution < 1.29 is 13.6 Å². The molecule has 0 aliphatic heterocycles. The molecule has 0 bridgehead atoms. The molecule has 0 aromatic heterocycles. The van der Waals surface area contributed by atoms with E-state index in [0.29, 0.717) is 6.61 Å². The van der Waals surface area contributed by atoms with Gasteiger partial charge in [0, 0.05) is 13.5 Å². The van der Waals surface area contributed by atoms with E-state index < -0.39 is 9.28 Å². The van der Waals surface area contributed by atoms with Crippen molar-refractivity contribution in [2.45, 2.75) is 26.8 Å². The van der Waals surface area contributed by atoms with E-state index in [9.17, 15) is 4.79 Å². The van der Waals surface area contributed by atoms with E-state index in [2.05, 4.69) is 0 Å². The highest BCUT2D eigenvalue weighted by Gasteiger charge is 2.11. The van der Waals surface area contributed by atoms with Crippen LogP contribution in [0.3, 0.4) is 0 Å². The molecule has 0 aliphatic carbocycles. The lowest BCUT2D eigenvalue weighted by Crippen LogP contribution is -2.23. The predicted molar refractivity (Wildman–Crippen MR) is 41.0 cm³/mol. The van der Waals surface area contributed by atoms with Crippen LogP contribution in [-0.2, 0) is 13.6 Å². The zero-order valence-corrected chi connectivity index (χ0v) is 7.87. The average molecular weight is 162 g/mol. The summed E-state index contributed by atoms with van der Waals surface area (Å²) in [5, 5.41) is 0. The van der Waals surface area contributed by atoms with Gasteiger partial charge in [-0.1, -0.05) is 6.92 Å². The largest absolute Gasteiger partial charge is 0.497 e. The van der Waals surface area contributed by atoms with E-state index in [4.69, 9.17) is 8.85 Å². The van der Waals surface area contributed by atoms with E-state index in [1.165, 1.54) is 6.92 Å². The second-order valence-corrected chi connectivity index (χ2v) is 4.15. The Morgan fingerprint density at radius 3 is 2.40 bits per heavy atom. The lowest BCUT2D eigenvalue weighted by molar-refractivity contribution is -0.133. The molecule has 0 saturated carbocycles. The fourth-order valence-electron chi connectivity index (χ4n) is 0.606. The van der Waals surface area contributed by atoms with Crippen molar-refractivity contribution in [3.63, 3.8) is 0 Å². The highest BCUT2D eigenvalue weighted by molar-refractivity contribution is 6.46. The summed E-state index contributed by atoms with van der Waals surface area (Å²) in [6.45, 7) is 5.92. The quantitative estimate of drug-likeness (QED) is 0.574. The van der Waals surface area contributed by atoms with Gasteiger partial charge in [-0.25, -0.2) is 0 Å². The molecule has 0 amide bonds. The first-order valence-corrected chi connectivity index (χ1v) is 5.25. The Balaban J connectivity index is 3.49. The molecular formula is C6H14O3Si.